The SMILES string of the molecule is CC(C)(C)OC(=O)N1CCN(C2CC3(CCN(c4ccc(C(=O)O)cc4)CC3)C2)CC1. The zero-order valence-corrected chi connectivity index (χ0v) is 19.0. The summed E-state index contributed by atoms with van der Waals surface area (Å²) in [5, 5.41) is 9.07. The van der Waals surface area contributed by atoms with Gasteiger partial charge in [0, 0.05) is 51.0 Å². The Hall–Kier alpha value is -2.28. The van der Waals surface area contributed by atoms with Gasteiger partial charge >= 0.3 is 12.1 Å². The number of carboxylic acid groups (broad SMARTS) is 1. The molecule has 2 aliphatic heterocycles. The minimum absolute atomic E-state index is 0.194. The van der Waals surface area contributed by atoms with Crippen LogP contribution in [-0.4, -0.2) is 77.9 Å². The Morgan fingerprint density at radius 1 is 0.968 bits per heavy atom. The molecule has 0 radical (unpaired) electrons. The second-order valence-corrected chi connectivity index (χ2v) is 10.4. The lowest BCUT2D eigenvalue weighted by molar-refractivity contribution is -0.0396. The quantitative estimate of drug-likeness (QED) is 0.790. The van der Waals surface area contributed by atoms with Crippen LogP contribution in [0.25, 0.3) is 0 Å². The van der Waals surface area contributed by atoms with Gasteiger partial charge in [0.2, 0.25) is 0 Å². The zero-order chi connectivity index (χ0) is 22.2. The third-order valence-electron chi connectivity index (χ3n) is 7.12. The van der Waals surface area contributed by atoms with Crippen LogP contribution in [0.1, 0.15) is 56.8 Å². The first kappa shape index (κ1) is 21.9. The Labute approximate surface area is 184 Å². The molecule has 31 heavy (non-hydrogen) atoms. The van der Waals surface area contributed by atoms with Gasteiger partial charge in [0.1, 0.15) is 5.60 Å². The monoisotopic (exact) mass is 429 g/mol. The minimum atomic E-state index is -0.878. The van der Waals surface area contributed by atoms with Gasteiger partial charge in [-0.25, -0.2) is 9.59 Å². The first-order valence-electron chi connectivity index (χ1n) is 11.4. The lowest BCUT2D eigenvalue weighted by atomic mass is 9.60. The first-order chi connectivity index (χ1) is 14.6. The number of piperazine rings is 1. The molecule has 3 aliphatic rings. The molecule has 1 amide bonds. The van der Waals surface area contributed by atoms with E-state index in [0.29, 0.717) is 17.0 Å². The van der Waals surface area contributed by atoms with Gasteiger partial charge in [-0.2, -0.15) is 0 Å². The van der Waals surface area contributed by atoms with Crippen LogP contribution in [0.3, 0.4) is 0 Å². The van der Waals surface area contributed by atoms with E-state index in [1.165, 1.54) is 25.7 Å². The molecule has 1 aromatic carbocycles. The Morgan fingerprint density at radius 3 is 2.06 bits per heavy atom. The number of aromatic carboxylic acids is 1. The van der Waals surface area contributed by atoms with Crippen molar-refractivity contribution in [2.24, 2.45) is 5.41 Å². The highest BCUT2D eigenvalue weighted by Crippen LogP contribution is 2.51. The van der Waals surface area contributed by atoms with Crippen LogP contribution in [0, 0.1) is 5.41 Å². The van der Waals surface area contributed by atoms with Crippen molar-refractivity contribution < 1.29 is 19.4 Å². The number of hydrogen-bond donors (Lipinski definition) is 1. The lowest BCUT2D eigenvalue weighted by Gasteiger charge is -2.56. The van der Waals surface area contributed by atoms with Gasteiger partial charge in [-0.1, -0.05) is 0 Å². The Bertz CT molecular complexity index is 793. The molecule has 0 unspecified atom stereocenters. The van der Waals surface area contributed by atoms with Gasteiger partial charge in [0.05, 0.1) is 5.56 Å². The maximum atomic E-state index is 12.3. The average molecular weight is 430 g/mol. The number of carbonyl (C=O) groups excluding carboxylic acids is 1. The summed E-state index contributed by atoms with van der Waals surface area (Å²) >= 11 is 0. The van der Waals surface area contributed by atoms with E-state index in [4.69, 9.17) is 9.84 Å². The number of amides is 1. The van der Waals surface area contributed by atoms with E-state index >= 15 is 0 Å². The van der Waals surface area contributed by atoms with Crippen LogP contribution in [0.2, 0.25) is 0 Å². The van der Waals surface area contributed by atoms with E-state index in [-0.39, 0.29) is 6.09 Å². The molecule has 7 heteroatoms. The number of hydrogen-bond acceptors (Lipinski definition) is 5. The maximum absolute atomic E-state index is 12.3. The average Bonchev–Trinajstić information content (AvgIpc) is 2.71. The molecule has 2 heterocycles. The Kier molecular flexibility index (Phi) is 5.90. The van der Waals surface area contributed by atoms with Crippen LogP contribution in [0.15, 0.2) is 24.3 Å². The molecule has 1 N–H and O–H groups in total. The molecule has 1 spiro atoms. The second-order valence-electron chi connectivity index (χ2n) is 10.4. The first-order valence-corrected chi connectivity index (χ1v) is 11.4. The summed E-state index contributed by atoms with van der Waals surface area (Å²) in [6.45, 7) is 11.2. The second kappa shape index (κ2) is 8.34. The van der Waals surface area contributed by atoms with Crippen molar-refractivity contribution in [2.75, 3.05) is 44.2 Å². The highest BCUT2D eigenvalue weighted by molar-refractivity contribution is 5.88. The van der Waals surface area contributed by atoms with Gasteiger partial charge in [0.25, 0.3) is 0 Å². The fourth-order valence-electron chi connectivity index (χ4n) is 5.26. The smallest absolute Gasteiger partial charge is 0.410 e. The molecular weight excluding hydrogens is 394 g/mol. The number of benzene rings is 1. The Morgan fingerprint density at radius 2 is 1.55 bits per heavy atom. The van der Waals surface area contributed by atoms with Crippen molar-refractivity contribution in [1.29, 1.82) is 0 Å². The number of carboxylic acids is 1. The minimum Gasteiger partial charge on any atom is -0.478 e. The largest absolute Gasteiger partial charge is 0.478 e. The predicted octanol–water partition coefficient (Wildman–Crippen LogP) is 3.69. The van der Waals surface area contributed by atoms with Crippen LogP contribution < -0.4 is 4.90 Å². The van der Waals surface area contributed by atoms with Gasteiger partial charge in [-0.05, 0) is 76.1 Å². The van der Waals surface area contributed by atoms with Crippen molar-refractivity contribution in [1.82, 2.24) is 9.80 Å². The summed E-state index contributed by atoms with van der Waals surface area (Å²) in [5.41, 5.74) is 1.48. The highest BCUT2D eigenvalue weighted by Gasteiger charge is 2.48. The molecular formula is C24H35N3O4. The molecule has 7 nitrogen and oxygen atoms in total. The summed E-state index contributed by atoms with van der Waals surface area (Å²) in [6.07, 6.45) is 4.71. The van der Waals surface area contributed by atoms with Crippen LogP contribution >= 0.6 is 0 Å². The molecule has 0 aromatic heterocycles. The summed E-state index contributed by atoms with van der Waals surface area (Å²) in [4.78, 5) is 30.1. The van der Waals surface area contributed by atoms with Gasteiger partial charge in [-0.3, -0.25) is 4.90 Å². The lowest BCUT2D eigenvalue weighted by Crippen LogP contribution is -2.59. The van der Waals surface area contributed by atoms with E-state index in [9.17, 15) is 9.59 Å². The molecule has 0 atom stereocenters. The van der Waals surface area contributed by atoms with Crippen LogP contribution in [0.5, 0.6) is 0 Å². The molecule has 3 fully saturated rings. The normalized spacial score (nSPS) is 22.3. The van der Waals surface area contributed by atoms with Crippen molar-refractivity contribution in [2.45, 2.75) is 58.1 Å². The Balaban J connectivity index is 1.21. The van der Waals surface area contributed by atoms with E-state index in [1.54, 1.807) is 12.1 Å². The van der Waals surface area contributed by atoms with Gasteiger partial charge in [0.15, 0.2) is 0 Å². The third-order valence-corrected chi connectivity index (χ3v) is 7.12. The summed E-state index contributed by atoms with van der Waals surface area (Å²) < 4.78 is 5.50. The van der Waals surface area contributed by atoms with Crippen LogP contribution in [-0.2, 0) is 4.74 Å². The summed E-state index contributed by atoms with van der Waals surface area (Å²) in [6, 6.07) is 7.88. The highest BCUT2D eigenvalue weighted by atomic mass is 16.6. The van der Waals surface area contributed by atoms with E-state index < -0.39 is 11.6 Å². The fraction of sp³-hybridized carbons (Fsp3) is 0.667. The standard InChI is InChI=1S/C24H35N3O4/c1-23(2,3)31-22(30)27-14-12-26(13-15-27)20-16-24(17-20)8-10-25(11-9-24)19-6-4-18(5-7-19)21(28)29/h4-7,20H,8-17H2,1-3H3,(H,28,29). The topological polar surface area (TPSA) is 73.3 Å². The molecule has 1 aromatic rings. The van der Waals surface area contributed by atoms with Gasteiger partial charge in [-0.15, -0.1) is 0 Å². The maximum Gasteiger partial charge on any atom is 0.410 e. The number of anilines is 1. The van der Waals surface area contributed by atoms with Crippen molar-refractivity contribution in [3.8, 4) is 0 Å². The molecule has 170 valence electrons. The van der Waals surface area contributed by atoms with Gasteiger partial charge < -0.3 is 19.6 Å². The van der Waals surface area contributed by atoms with E-state index in [1.807, 2.05) is 37.8 Å². The summed E-state index contributed by atoms with van der Waals surface area (Å²) in [5.74, 6) is -0.878. The molecule has 4 rings (SSSR count). The molecule has 1 saturated carbocycles. The van der Waals surface area contributed by atoms with Crippen LogP contribution in [0.4, 0.5) is 10.5 Å². The predicted molar refractivity (Wildman–Crippen MR) is 120 cm³/mol. The number of rotatable bonds is 3. The molecule has 1 aliphatic carbocycles. The fourth-order valence-corrected chi connectivity index (χ4v) is 5.26. The zero-order valence-electron chi connectivity index (χ0n) is 19.0. The molecule has 2 saturated heterocycles. The number of carbonyl (C=O) groups is 2. The van der Waals surface area contributed by atoms with E-state index in [0.717, 1.165) is 45.0 Å². The number of piperidine rings is 1. The number of ether oxygens (including phenoxy) is 1. The number of nitrogens with zero attached hydrogens (tertiary/aromatic N) is 3. The van der Waals surface area contributed by atoms with Crippen molar-refractivity contribution >= 4 is 17.7 Å². The van der Waals surface area contributed by atoms with E-state index in [2.05, 4.69) is 9.80 Å². The summed E-state index contributed by atoms with van der Waals surface area (Å²) in [7, 11) is 0. The third kappa shape index (κ3) is 4.97. The van der Waals surface area contributed by atoms with Crippen molar-refractivity contribution in [3.05, 3.63) is 29.8 Å². The molecule has 0 bridgehead atoms. The van der Waals surface area contributed by atoms with Crippen molar-refractivity contribution in [3.63, 3.8) is 0 Å².